The molecule has 9 nitrogen and oxygen atoms in total. The van der Waals surface area contributed by atoms with Gasteiger partial charge in [-0.3, -0.25) is 9.59 Å². The van der Waals surface area contributed by atoms with Crippen LogP contribution in [-0.2, 0) is 19.4 Å². The van der Waals surface area contributed by atoms with Crippen molar-refractivity contribution in [2.45, 2.75) is 11.3 Å². The van der Waals surface area contributed by atoms with E-state index in [1.165, 1.54) is 23.5 Å². The van der Waals surface area contributed by atoms with Gasteiger partial charge >= 0.3 is 0 Å². The van der Waals surface area contributed by atoms with Crippen LogP contribution in [0.15, 0.2) is 52.7 Å². The highest BCUT2D eigenvalue weighted by Crippen LogP contribution is 2.36. The number of ether oxygens (including phenoxy) is 2. The number of hydrogen-bond acceptors (Lipinski definition) is 8. The zero-order valence-corrected chi connectivity index (χ0v) is 19.8. The van der Waals surface area contributed by atoms with Gasteiger partial charge in [0.1, 0.15) is 13.2 Å². The molecule has 0 spiro atoms. The Morgan fingerprint density at radius 3 is 2.59 bits per heavy atom. The Balaban J connectivity index is 1.25. The SMILES string of the molecule is CS(=O)(=O)c1ccc(-c2csc(NC(=O)C3CC(=O)N(c4ccc5c(c4)OCCO5)C3)n2)cc1. The molecule has 1 N–H and O–H groups in total. The largest absolute Gasteiger partial charge is 0.486 e. The number of amides is 2. The summed E-state index contributed by atoms with van der Waals surface area (Å²) in [6.07, 6.45) is 1.26. The lowest BCUT2D eigenvalue weighted by atomic mass is 10.1. The van der Waals surface area contributed by atoms with Crippen molar-refractivity contribution in [2.75, 3.05) is 36.2 Å². The average molecular weight is 500 g/mol. The van der Waals surface area contributed by atoms with Crippen molar-refractivity contribution in [3.8, 4) is 22.8 Å². The van der Waals surface area contributed by atoms with Gasteiger partial charge in [0, 0.05) is 41.9 Å². The Morgan fingerprint density at radius 1 is 1.12 bits per heavy atom. The van der Waals surface area contributed by atoms with E-state index < -0.39 is 15.8 Å². The number of thiazole rings is 1. The van der Waals surface area contributed by atoms with E-state index in [1.54, 1.807) is 40.6 Å². The van der Waals surface area contributed by atoms with Crippen molar-refractivity contribution in [1.82, 2.24) is 4.98 Å². The quantitative estimate of drug-likeness (QED) is 0.574. The fourth-order valence-corrected chi connectivity index (χ4v) is 5.23. The molecule has 0 aliphatic carbocycles. The minimum Gasteiger partial charge on any atom is -0.486 e. The fraction of sp³-hybridized carbons (Fsp3) is 0.261. The Morgan fingerprint density at radius 2 is 1.85 bits per heavy atom. The number of nitrogens with zero attached hydrogens (tertiary/aromatic N) is 2. The van der Waals surface area contributed by atoms with E-state index in [-0.39, 0.29) is 29.7 Å². The molecule has 1 fully saturated rings. The highest BCUT2D eigenvalue weighted by molar-refractivity contribution is 7.90. The molecular formula is C23H21N3O6S2. The number of fused-ring (bicyclic) bond motifs is 1. The lowest BCUT2D eigenvalue weighted by molar-refractivity contribution is -0.122. The molecule has 2 aliphatic heterocycles. The van der Waals surface area contributed by atoms with E-state index in [0.29, 0.717) is 41.2 Å². The third kappa shape index (κ3) is 4.48. The number of anilines is 2. The third-order valence-corrected chi connectivity index (χ3v) is 7.53. The first-order chi connectivity index (χ1) is 16.3. The lowest BCUT2D eigenvalue weighted by Gasteiger charge is -2.22. The molecule has 0 bridgehead atoms. The summed E-state index contributed by atoms with van der Waals surface area (Å²) in [6.45, 7) is 1.20. The maximum atomic E-state index is 12.8. The first-order valence-corrected chi connectivity index (χ1v) is 13.3. The van der Waals surface area contributed by atoms with E-state index in [2.05, 4.69) is 10.3 Å². The molecule has 0 saturated carbocycles. The molecule has 3 aromatic rings. The van der Waals surface area contributed by atoms with Crippen LogP contribution in [0.25, 0.3) is 11.3 Å². The second kappa shape index (κ2) is 8.73. The highest BCUT2D eigenvalue weighted by Gasteiger charge is 2.36. The second-order valence-corrected chi connectivity index (χ2v) is 10.9. The molecular weight excluding hydrogens is 478 g/mol. The van der Waals surface area contributed by atoms with Crippen molar-refractivity contribution in [3.05, 3.63) is 47.8 Å². The topological polar surface area (TPSA) is 115 Å². The molecule has 1 unspecified atom stereocenters. The summed E-state index contributed by atoms with van der Waals surface area (Å²) >= 11 is 1.26. The molecule has 0 radical (unpaired) electrons. The Kier molecular flexibility index (Phi) is 5.74. The van der Waals surface area contributed by atoms with Gasteiger partial charge in [-0.2, -0.15) is 0 Å². The fourth-order valence-electron chi connectivity index (χ4n) is 3.88. The lowest BCUT2D eigenvalue weighted by Crippen LogP contribution is -2.28. The van der Waals surface area contributed by atoms with Gasteiger partial charge in [0.25, 0.3) is 0 Å². The van der Waals surface area contributed by atoms with Crippen LogP contribution in [0.4, 0.5) is 10.8 Å². The smallest absolute Gasteiger partial charge is 0.231 e. The molecule has 1 atom stereocenters. The Labute approximate surface area is 200 Å². The molecule has 2 amide bonds. The van der Waals surface area contributed by atoms with Gasteiger partial charge in [-0.05, 0) is 24.3 Å². The molecule has 176 valence electrons. The van der Waals surface area contributed by atoms with Crippen molar-refractivity contribution in [2.24, 2.45) is 5.92 Å². The number of aromatic nitrogens is 1. The molecule has 11 heteroatoms. The Bertz CT molecular complexity index is 1370. The average Bonchev–Trinajstić information content (AvgIpc) is 3.45. The van der Waals surface area contributed by atoms with E-state index >= 15 is 0 Å². The number of benzene rings is 2. The first-order valence-electron chi connectivity index (χ1n) is 10.5. The number of carbonyl (C=O) groups excluding carboxylic acids is 2. The third-order valence-electron chi connectivity index (χ3n) is 5.65. The molecule has 2 aromatic carbocycles. The summed E-state index contributed by atoms with van der Waals surface area (Å²) < 4.78 is 34.4. The predicted molar refractivity (Wildman–Crippen MR) is 127 cm³/mol. The van der Waals surface area contributed by atoms with Crippen LogP contribution in [0.3, 0.4) is 0 Å². The van der Waals surface area contributed by atoms with Crippen LogP contribution >= 0.6 is 11.3 Å². The number of carbonyl (C=O) groups is 2. The summed E-state index contributed by atoms with van der Waals surface area (Å²) in [7, 11) is -3.28. The van der Waals surface area contributed by atoms with Gasteiger partial charge < -0.3 is 19.7 Å². The van der Waals surface area contributed by atoms with Crippen molar-refractivity contribution < 1.29 is 27.5 Å². The number of nitrogens with one attached hydrogen (secondary N) is 1. The summed E-state index contributed by atoms with van der Waals surface area (Å²) in [5.74, 6) is 0.303. The molecule has 3 heterocycles. The molecule has 34 heavy (non-hydrogen) atoms. The zero-order valence-electron chi connectivity index (χ0n) is 18.2. The second-order valence-electron chi connectivity index (χ2n) is 8.06. The van der Waals surface area contributed by atoms with E-state index in [0.717, 1.165) is 11.8 Å². The van der Waals surface area contributed by atoms with Gasteiger partial charge in [-0.25, -0.2) is 13.4 Å². The van der Waals surface area contributed by atoms with Crippen LogP contribution in [-0.4, -0.2) is 51.2 Å². The summed E-state index contributed by atoms with van der Waals surface area (Å²) in [6, 6.07) is 11.7. The van der Waals surface area contributed by atoms with Gasteiger partial charge in [0.2, 0.25) is 11.8 Å². The minimum atomic E-state index is -3.28. The standard InChI is InChI=1S/C23H21N3O6S2/c1-34(29,30)17-5-2-14(3-6-17)18-13-33-23(24-18)25-22(28)15-10-21(27)26(12-15)16-4-7-19-20(11-16)32-9-8-31-19/h2-7,11,13,15H,8-10,12H2,1H3,(H,24,25,28). The predicted octanol–water partition coefficient (Wildman–Crippen LogP) is 2.98. The Hall–Kier alpha value is -3.44. The van der Waals surface area contributed by atoms with E-state index in [9.17, 15) is 18.0 Å². The highest BCUT2D eigenvalue weighted by atomic mass is 32.2. The monoisotopic (exact) mass is 499 g/mol. The number of sulfone groups is 1. The maximum absolute atomic E-state index is 12.8. The van der Waals surface area contributed by atoms with Crippen molar-refractivity contribution >= 4 is 43.8 Å². The van der Waals surface area contributed by atoms with Crippen molar-refractivity contribution in [3.63, 3.8) is 0 Å². The zero-order chi connectivity index (χ0) is 23.9. The molecule has 2 aliphatic rings. The van der Waals surface area contributed by atoms with Gasteiger partial charge in [0.05, 0.1) is 16.5 Å². The van der Waals surface area contributed by atoms with Crippen LogP contribution in [0, 0.1) is 5.92 Å². The first kappa shape index (κ1) is 22.4. The van der Waals surface area contributed by atoms with Crippen LogP contribution in [0.1, 0.15) is 6.42 Å². The van der Waals surface area contributed by atoms with Crippen molar-refractivity contribution in [1.29, 1.82) is 0 Å². The molecule has 1 saturated heterocycles. The molecule has 5 rings (SSSR count). The normalized spacial score (nSPS) is 17.6. The van der Waals surface area contributed by atoms with Gasteiger partial charge in [0.15, 0.2) is 26.5 Å². The summed E-state index contributed by atoms with van der Waals surface area (Å²) in [4.78, 5) is 31.7. The van der Waals surface area contributed by atoms with Crippen LogP contribution in [0.2, 0.25) is 0 Å². The van der Waals surface area contributed by atoms with Crippen LogP contribution in [0.5, 0.6) is 11.5 Å². The van der Waals surface area contributed by atoms with E-state index in [1.807, 2.05) is 0 Å². The van der Waals surface area contributed by atoms with Gasteiger partial charge in [-0.1, -0.05) is 12.1 Å². The van der Waals surface area contributed by atoms with Crippen LogP contribution < -0.4 is 19.7 Å². The number of hydrogen-bond donors (Lipinski definition) is 1. The van der Waals surface area contributed by atoms with E-state index in [4.69, 9.17) is 9.47 Å². The summed E-state index contributed by atoms with van der Waals surface area (Å²) in [5, 5.41) is 5.00. The maximum Gasteiger partial charge on any atom is 0.231 e. The summed E-state index contributed by atoms with van der Waals surface area (Å²) in [5.41, 5.74) is 2.03. The number of rotatable bonds is 5. The minimum absolute atomic E-state index is 0.103. The van der Waals surface area contributed by atoms with Gasteiger partial charge in [-0.15, -0.1) is 11.3 Å². The molecule has 1 aromatic heterocycles.